The second-order valence-corrected chi connectivity index (χ2v) is 8.17. The van der Waals surface area contributed by atoms with Gasteiger partial charge in [-0.25, -0.2) is 15.0 Å². The van der Waals surface area contributed by atoms with Crippen molar-refractivity contribution >= 4 is 11.6 Å². The van der Waals surface area contributed by atoms with Crippen LogP contribution in [0.25, 0.3) is 11.3 Å². The fourth-order valence-corrected chi connectivity index (χ4v) is 3.25. The SMILES string of the molecule is CC(C)(N)c1ccc(-c2nc(Nc3ccc(OCCn4ccnc4)cc3)ncc2C#N)cc1. The molecule has 166 valence electrons. The summed E-state index contributed by atoms with van der Waals surface area (Å²) in [6.45, 7) is 5.17. The lowest BCUT2D eigenvalue weighted by atomic mass is 9.94. The summed E-state index contributed by atoms with van der Waals surface area (Å²) in [4.78, 5) is 12.9. The molecular formula is C25H25N7O. The van der Waals surface area contributed by atoms with Crippen LogP contribution in [0.1, 0.15) is 25.0 Å². The van der Waals surface area contributed by atoms with E-state index in [4.69, 9.17) is 10.5 Å². The fourth-order valence-electron chi connectivity index (χ4n) is 3.25. The van der Waals surface area contributed by atoms with Crippen LogP contribution in [0, 0.1) is 11.3 Å². The summed E-state index contributed by atoms with van der Waals surface area (Å²) in [5.74, 6) is 1.17. The van der Waals surface area contributed by atoms with Gasteiger partial charge in [-0.15, -0.1) is 0 Å². The van der Waals surface area contributed by atoms with Crippen molar-refractivity contribution in [3.63, 3.8) is 0 Å². The van der Waals surface area contributed by atoms with Gasteiger partial charge in [0.15, 0.2) is 0 Å². The van der Waals surface area contributed by atoms with Gasteiger partial charge in [0.05, 0.1) is 30.3 Å². The minimum absolute atomic E-state index is 0.404. The molecule has 0 fully saturated rings. The van der Waals surface area contributed by atoms with Crippen LogP contribution in [0.3, 0.4) is 0 Å². The molecule has 0 saturated carbocycles. The maximum Gasteiger partial charge on any atom is 0.227 e. The molecule has 0 radical (unpaired) electrons. The zero-order valence-electron chi connectivity index (χ0n) is 18.6. The third kappa shape index (κ3) is 5.53. The molecule has 3 N–H and O–H groups in total. The lowest BCUT2D eigenvalue weighted by Gasteiger charge is -2.19. The average molecular weight is 440 g/mol. The van der Waals surface area contributed by atoms with Gasteiger partial charge < -0.3 is 20.4 Å². The number of aromatic nitrogens is 4. The average Bonchev–Trinajstić information content (AvgIpc) is 3.33. The topological polar surface area (TPSA) is 115 Å². The number of ether oxygens (including phenoxy) is 1. The number of anilines is 2. The monoisotopic (exact) mass is 439 g/mol. The predicted molar refractivity (Wildman–Crippen MR) is 127 cm³/mol. The number of benzene rings is 2. The summed E-state index contributed by atoms with van der Waals surface area (Å²) in [5, 5.41) is 12.7. The Morgan fingerprint density at radius 1 is 1.12 bits per heavy atom. The Morgan fingerprint density at radius 3 is 2.52 bits per heavy atom. The number of rotatable bonds is 8. The van der Waals surface area contributed by atoms with Gasteiger partial charge in [0.2, 0.25) is 5.95 Å². The van der Waals surface area contributed by atoms with Crippen molar-refractivity contribution in [1.29, 1.82) is 5.26 Å². The molecule has 33 heavy (non-hydrogen) atoms. The van der Waals surface area contributed by atoms with E-state index in [0.29, 0.717) is 23.8 Å². The maximum absolute atomic E-state index is 9.52. The second-order valence-electron chi connectivity index (χ2n) is 8.17. The van der Waals surface area contributed by atoms with E-state index < -0.39 is 5.54 Å². The minimum atomic E-state index is -0.440. The number of nitriles is 1. The molecule has 2 aromatic carbocycles. The van der Waals surface area contributed by atoms with E-state index in [9.17, 15) is 5.26 Å². The lowest BCUT2D eigenvalue weighted by Crippen LogP contribution is -2.28. The molecule has 2 aromatic heterocycles. The smallest absolute Gasteiger partial charge is 0.227 e. The summed E-state index contributed by atoms with van der Waals surface area (Å²) in [6, 6.07) is 17.5. The van der Waals surface area contributed by atoms with Crippen LogP contribution < -0.4 is 15.8 Å². The number of nitrogens with zero attached hydrogens (tertiary/aromatic N) is 5. The molecule has 8 nitrogen and oxygen atoms in total. The van der Waals surface area contributed by atoms with E-state index in [1.807, 2.05) is 73.1 Å². The Kier molecular flexibility index (Phi) is 6.33. The molecule has 4 rings (SSSR count). The summed E-state index contributed by atoms with van der Waals surface area (Å²) in [5.41, 5.74) is 9.34. The number of hydrogen-bond donors (Lipinski definition) is 2. The lowest BCUT2D eigenvalue weighted by molar-refractivity contribution is 0.298. The molecule has 0 aliphatic rings. The molecule has 4 aromatic rings. The van der Waals surface area contributed by atoms with Gasteiger partial charge in [0.1, 0.15) is 18.4 Å². The standard InChI is InChI=1S/C25H25N7O/c1-25(2,27)20-5-3-18(4-6-20)23-19(15-26)16-29-24(31-23)30-21-7-9-22(10-8-21)33-14-13-32-12-11-28-17-32/h3-12,16-17H,13-14,27H2,1-2H3,(H,29,30,31). The highest BCUT2D eigenvalue weighted by Crippen LogP contribution is 2.26. The van der Waals surface area contributed by atoms with Crippen LogP contribution in [0.4, 0.5) is 11.6 Å². The molecular weight excluding hydrogens is 414 g/mol. The van der Waals surface area contributed by atoms with Crippen LogP contribution in [0.5, 0.6) is 5.75 Å². The first-order valence-corrected chi connectivity index (χ1v) is 10.5. The van der Waals surface area contributed by atoms with Crippen molar-refractivity contribution in [3.05, 3.63) is 84.6 Å². The molecule has 0 spiro atoms. The summed E-state index contributed by atoms with van der Waals surface area (Å²) in [7, 11) is 0. The van der Waals surface area contributed by atoms with Crippen molar-refractivity contribution in [2.24, 2.45) is 5.73 Å². The van der Waals surface area contributed by atoms with Gasteiger partial charge in [0, 0.05) is 29.2 Å². The molecule has 0 aliphatic heterocycles. The van der Waals surface area contributed by atoms with Crippen molar-refractivity contribution in [2.75, 3.05) is 11.9 Å². The van der Waals surface area contributed by atoms with Crippen LogP contribution in [0.2, 0.25) is 0 Å². The fraction of sp³-hybridized carbons (Fsp3) is 0.200. The Bertz CT molecular complexity index is 1240. The third-order valence-electron chi connectivity index (χ3n) is 5.10. The molecule has 0 saturated heterocycles. The Balaban J connectivity index is 1.45. The first kappa shape index (κ1) is 22.0. The summed E-state index contributed by atoms with van der Waals surface area (Å²) in [6.07, 6.45) is 6.93. The Morgan fingerprint density at radius 2 is 1.88 bits per heavy atom. The van der Waals surface area contributed by atoms with E-state index in [1.165, 1.54) is 6.20 Å². The maximum atomic E-state index is 9.52. The van der Waals surface area contributed by atoms with Crippen molar-refractivity contribution in [3.8, 4) is 23.1 Å². The van der Waals surface area contributed by atoms with E-state index >= 15 is 0 Å². The predicted octanol–water partition coefficient (Wildman–Crippen LogP) is 4.23. The number of imidazole rings is 1. The van der Waals surface area contributed by atoms with Gasteiger partial charge >= 0.3 is 0 Å². The highest BCUT2D eigenvalue weighted by molar-refractivity contribution is 5.68. The third-order valence-corrected chi connectivity index (χ3v) is 5.10. The Hall–Kier alpha value is -4.22. The van der Waals surface area contributed by atoms with Gasteiger partial charge in [-0.3, -0.25) is 0 Å². The largest absolute Gasteiger partial charge is 0.492 e. The van der Waals surface area contributed by atoms with E-state index in [1.54, 1.807) is 12.5 Å². The van der Waals surface area contributed by atoms with E-state index in [2.05, 4.69) is 26.3 Å². The van der Waals surface area contributed by atoms with Crippen LogP contribution >= 0.6 is 0 Å². The normalized spacial score (nSPS) is 11.1. The molecule has 8 heteroatoms. The van der Waals surface area contributed by atoms with E-state index in [-0.39, 0.29) is 0 Å². The zero-order chi connectivity index (χ0) is 23.3. The zero-order valence-corrected chi connectivity index (χ0v) is 18.6. The number of hydrogen-bond acceptors (Lipinski definition) is 7. The molecule has 0 bridgehead atoms. The van der Waals surface area contributed by atoms with Crippen LogP contribution in [-0.4, -0.2) is 26.1 Å². The highest BCUT2D eigenvalue weighted by atomic mass is 16.5. The quantitative estimate of drug-likeness (QED) is 0.422. The van der Waals surface area contributed by atoms with Gasteiger partial charge in [-0.2, -0.15) is 5.26 Å². The first-order chi connectivity index (χ1) is 15.9. The van der Waals surface area contributed by atoms with Gasteiger partial charge in [0.25, 0.3) is 0 Å². The molecule has 0 aliphatic carbocycles. The summed E-state index contributed by atoms with van der Waals surface area (Å²) >= 11 is 0. The van der Waals surface area contributed by atoms with Crippen LogP contribution in [0.15, 0.2) is 73.4 Å². The molecule has 2 heterocycles. The Labute approximate surface area is 192 Å². The van der Waals surface area contributed by atoms with Crippen molar-refractivity contribution < 1.29 is 4.74 Å². The van der Waals surface area contributed by atoms with Crippen molar-refractivity contribution in [2.45, 2.75) is 25.9 Å². The molecule has 0 amide bonds. The molecule has 0 atom stereocenters. The van der Waals surface area contributed by atoms with Gasteiger partial charge in [-0.05, 0) is 43.7 Å². The number of nitrogens with two attached hydrogens (primary N) is 1. The summed E-state index contributed by atoms with van der Waals surface area (Å²) < 4.78 is 7.73. The number of nitrogens with one attached hydrogen (secondary N) is 1. The first-order valence-electron chi connectivity index (χ1n) is 10.5. The van der Waals surface area contributed by atoms with E-state index in [0.717, 1.165) is 29.1 Å². The second kappa shape index (κ2) is 9.51. The minimum Gasteiger partial charge on any atom is -0.492 e. The van der Waals surface area contributed by atoms with Crippen molar-refractivity contribution in [1.82, 2.24) is 19.5 Å². The van der Waals surface area contributed by atoms with Gasteiger partial charge in [-0.1, -0.05) is 24.3 Å². The highest BCUT2D eigenvalue weighted by Gasteiger charge is 2.15. The van der Waals surface area contributed by atoms with Crippen LogP contribution in [-0.2, 0) is 12.1 Å². The molecule has 0 unspecified atom stereocenters.